The maximum atomic E-state index is 12.6. The summed E-state index contributed by atoms with van der Waals surface area (Å²) >= 11 is 0. The van der Waals surface area contributed by atoms with Crippen LogP contribution in [0.25, 0.3) is 0 Å². The molecule has 0 aliphatic carbocycles. The third-order valence-corrected chi connectivity index (χ3v) is 3.93. The highest BCUT2D eigenvalue weighted by Crippen LogP contribution is 2.27. The van der Waals surface area contributed by atoms with Crippen molar-refractivity contribution in [1.82, 2.24) is 20.2 Å². The van der Waals surface area contributed by atoms with Gasteiger partial charge in [0.15, 0.2) is 5.96 Å². The van der Waals surface area contributed by atoms with Crippen LogP contribution in [0, 0.1) is 5.92 Å². The molecule has 1 aliphatic heterocycles. The molecule has 0 saturated carbocycles. The number of hydrogen-bond donors (Lipinski definition) is 2. The maximum Gasteiger partial charge on any atom is 0.433 e. The Bertz CT molecular complexity index is 552. The molecular formula is C15H23F3N6. The molecule has 0 amide bonds. The van der Waals surface area contributed by atoms with Crippen molar-refractivity contribution < 1.29 is 13.2 Å². The zero-order valence-corrected chi connectivity index (χ0v) is 13.9. The average molecular weight is 344 g/mol. The van der Waals surface area contributed by atoms with Crippen molar-refractivity contribution in [2.45, 2.75) is 25.9 Å². The molecule has 2 rings (SSSR count). The minimum Gasteiger partial charge on any atom is -0.354 e. The highest BCUT2D eigenvalue weighted by molar-refractivity contribution is 5.79. The number of likely N-dealkylation sites (tertiary alicyclic amines) is 1. The van der Waals surface area contributed by atoms with Crippen LogP contribution >= 0.6 is 0 Å². The molecule has 0 atom stereocenters. The molecule has 1 saturated heterocycles. The lowest BCUT2D eigenvalue weighted by Gasteiger charge is -2.32. The molecule has 0 bridgehead atoms. The molecule has 1 fully saturated rings. The van der Waals surface area contributed by atoms with Crippen molar-refractivity contribution in [2.75, 3.05) is 38.5 Å². The summed E-state index contributed by atoms with van der Waals surface area (Å²) in [4.78, 5) is 13.7. The Balaban J connectivity index is 1.78. The van der Waals surface area contributed by atoms with Crippen molar-refractivity contribution in [2.24, 2.45) is 10.9 Å². The summed E-state index contributed by atoms with van der Waals surface area (Å²) in [5.74, 6) is 1.51. The Hall–Kier alpha value is -2.06. The van der Waals surface area contributed by atoms with Crippen LogP contribution in [-0.4, -0.2) is 54.1 Å². The predicted molar refractivity (Wildman–Crippen MR) is 86.9 cm³/mol. The molecule has 2 N–H and O–H groups in total. The van der Waals surface area contributed by atoms with Crippen LogP contribution < -0.4 is 10.6 Å². The molecule has 1 aliphatic rings. The van der Waals surface area contributed by atoms with Gasteiger partial charge >= 0.3 is 6.18 Å². The standard InChI is InChI=1S/C15H23F3N6/c1-11-4-9-24(10-5-11)14(19-2)22-8-7-21-13-20-6-3-12(23-13)15(16,17)18/h3,6,11H,4-5,7-10H2,1-2H3,(H,19,22)(H,20,21,23). The van der Waals surface area contributed by atoms with E-state index in [2.05, 4.69) is 37.4 Å². The van der Waals surface area contributed by atoms with Gasteiger partial charge in [0.2, 0.25) is 5.95 Å². The second-order valence-corrected chi connectivity index (χ2v) is 5.83. The molecule has 0 radical (unpaired) electrons. The summed E-state index contributed by atoms with van der Waals surface area (Å²) in [5.41, 5.74) is -0.953. The Morgan fingerprint density at radius 2 is 2.04 bits per heavy atom. The van der Waals surface area contributed by atoms with Crippen molar-refractivity contribution in [1.29, 1.82) is 0 Å². The third-order valence-electron chi connectivity index (χ3n) is 3.93. The number of alkyl halides is 3. The molecule has 134 valence electrons. The fourth-order valence-electron chi connectivity index (χ4n) is 2.50. The normalized spacial score (nSPS) is 17.0. The number of hydrogen-bond acceptors (Lipinski definition) is 4. The largest absolute Gasteiger partial charge is 0.433 e. The van der Waals surface area contributed by atoms with E-state index in [1.165, 1.54) is 0 Å². The number of aromatic nitrogens is 2. The van der Waals surface area contributed by atoms with Gasteiger partial charge in [-0.25, -0.2) is 9.97 Å². The molecule has 1 aromatic rings. The Morgan fingerprint density at radius 1 is 1.33 bits per heavy atom. The Labute approximate surface area is 139 Å². The zero-order valence-electron chi connectivity index (χ0n) is 13.9. The predicted octanol–water partition coefficient (Wildman–Crippen LogP) is 2.21. The van der Waals surface area contributed by atoms with Gasteiger partial charge in [0.05, 0.1) is 0 Å². The second kappa shape index (κ2) is 8.16. The van der Waals surface area contributed by atoms with E-state index in [0.29, 0.717) is 13.1 Å². The Kier molecular flexibility index (Phi) is 6.22. The number of nitrogens with one attached hydrogen (secondary N) is 2. The smallest absolute Gasteiger partial charge is 0.354 e. The number of guanidine groups is 1. The van der Waals surface area contributed by atoms with Gasteiger partial charge in [0.25, 0.3) is 0 Å². The van der Waals surface area contributed by atoms with Crippen LogP contribution in [0.15, 0.2) is 17.3 Å². The summed E-state index contributed by atoms with van der Waals surface area (Å²) in [6.45, 7) is 5.07. The number of aliphatic imine (C=N–C) groups is 1. The molecule has 24 heavy (non-hydrogen) atoms. The van der Waals surface area contributed by atoms with Crippen LogP contribution in [0.3, 0.4) is 0 Å². The van der Waals surface area contributed by atoms with Crippen LogP contribution in [-0.2, 0) is 6.18 Å². The highest BCUT2D eigenvalue weighted by Gasteiger charge is 2.32. The van der Waals surface area contributed by atoms with Crippen LogP contribution in [0.1, 0.15) is 25.5 Å². The van der Waals surface area contributed by atoms with E-state index in [0.717, 1.165) is 50.1 Å². The first-order chi connectivity index (χ1) is 11.4. The molecular weight excluding hydrogens is 321 g/mol. The maximum absolute atomic E-state index is 12.6. The molecule has 1 aromatic heterocycles. The minimum absolute atomic E-state index is 0.0339. The number of piperidine rings is 1. The molecule has 0 aromatic carbocycles. The monoisotopic (exact) mass is 344 g/mol. The van der Waals surface area contributed by atoms with E-state index in [1.807, 2.05) is 0 Å². The first-order valence-corrected chi connectivity index (χ1v) is 8.00. The second-order valence-electron chi connectivity index (χ2n) is 5.83. The quantitative estimate of drug-likeness (QED) is 0.498. The summed E-state index contributed by atoms with van der Waals surface area (Å²) in [7, 11) is 1.73. The summed E-state index contributed by atoms with van der Waals surface area (Å²) in [6, 6.07) is 0.850. The van der Waals surface area contributed by atoms with Gasteiger partial charge in [-0.3, -0.25) is 4.99 Å². The van der Waals surface area contributed by atoms with E-state index < -0.39 is 11.9 Å². The van der Waals surface area contributed by atoms with Crippen LogP contribution in [0.4, 0.5) is 19.1 Å². The van der Waals surface area contributed by atoms with Crippen molar-refractivity contribution in [3.63, 3.8) is 0 Å². The summed E-state index contributed by atoms with van der Waals surface area (Å²) < 4.78 is 37.8. The lowest BCUT2D eigenvalue weighted by molar-refractivity contribution is -0.141. The lowest BCUT2D eigenvalue weighted by atomic mass is 10.00. The van der Waals surface area contributed by atoms with Gasteiger partial charge in [0, 0.05) is 39.4 Å². The molecule has 6 nitrogen and oxygen atoms in total. The number of halogens is 3. The van der Waals surface area contributed by atoms with E-state index >= 15 is 0 Å². The molecule has 2 heterocycles. The number of rotatable bonds is 4. The first kappa shape index (κ1) is 18.3. The lowest BCUT2D eigenvalue weighted by Crippen LogP contribution is -2.46. The number of nitrogens with zero attached hydrogens (tertiary/aromatic N) is 4. The molecule has 9 heteroatoms. The summed E-state index contributed by atoms with van der Waals surface area (Å²) in [5, 5.41) is 5.99. The van der Waals surface area contributed by atoms with Crippen LogP contribution in [0.2, 0.25) is 0 Å². The Morgan fingerprint density at radius 3 is 2.67 bits per heavy atom. The van der Waals surface area contributed by atoms with E-state index in [-0.39, 0.29) is 5.95 Å². The van der Waals surface area contributed by atoms with Crippen molar-refractivity contribution >= 4 is 11.9 Å². The number of anilines is 1. The summed E-state index contributed by atoms with van der Waals surface area (Å²) in [6.07, 6.45) is -1.10. The average Bonchev–Trinajstić information content (AvgIpc) is 2.56. The fourth-order valence-corrected chi connectivity index (χ4v) is 2.50. The van der Waals surface area contributed by atoms with E-state index in [9.17, 15) is 13.2 Å². The third kappa shape index (κ3) is 5.24. The van der Waals surface area contributed by atoms with Gasteiger partial charge in [-0.15, -0.1) is 0 Å². The van der Waals surface area contributed by atoms with Crippen molar-refractivity contribution in [3.05, 3.63) is 18.0 Å². The van der Waals surface area contributed by atoms with E-state index in [4.69, 9.17) is 0 Å². The minimum atomic E-state index is -4.47. The van der Waals surface area contributed by atoms with Crippen LogP contribution in [0.5, 0.6) is 0 Å². The SMILES string of the molecule is CN=C(NCCNc1nccc(C(F)(F)F)n1)N1CCC(C)CC1. The van der Waals surface area contributed by atoms with Gasteiger partial charge in [-0.1, -0.05) is 6.92 Å². The van der Waals surface area contributed by atoms with Crippen molar-refractivity contribution in [3.8, 4) is 0 Å². The zero-order chi connectivity index (χ0) is 17.6. The van der Waals surface area contributed by atoms with E-state index in [1.54, 1.807) is 7.05 Å². The van der Waals surface area contributed by atoms with Gasteiger partial charge < -0.3 is 15.5 Å². The molecule has 0 unspecified atom stereocenters. The fraction of sp³-hybridized carbons (Fsp3) is 0.667. The highest BCUT2D eigenvalue weighted by atomic mass is 19.4. The van der Waals surface area contributed by atoms with Gasteiger partial charge in [-0.2, -0.15) is 13.2 Å². The van der Waals surface area contributed by atoms with Gasteiger partial charge in [-0.05, 0) is 24.8 Å². The van der Waals surface area contributed by atoms with Gasteiger partial charge in [0.1, 0.15) is 5.69 Å². The first-order valence-electron chi connectivity index (χ1n) is 8.00. The molecule has 0 spiro atoms. The topological polar surface area (TPSA) is 65.4 Å².